The van der Waals surface area contributed by atoms with E-state index in [-0.39, 0.29) is 0 Å². The molecule has 8 N–H and O–H groups in total. The molecule has 0 saturated carbocycles. The maximum atomic E-state index is 10.7. The van der Waals surface area contributed by atoms with Crippen molar-refractivity contribution in [3.63, 3.8) is 0 Å². The first kappa shape index (κ1) is 48.6. The standard InChI is InChI=1S/C8H4N2O8.4C3H8N.2O.2V/c11-5(12)1-2(6(13)14)10-4(8(17)18)3(9-1)7(15)16;4*1-2-3-4;;;;/h(H,11,12)(H,13,14)(H,15,16)(H,17,18);4*4H,2-3H2,1H3;;;;/q;4*-1;;;2*+2. The third kappa shape index (κ3) is 31.6. The quantitative estimate of drug-likeness (QED) is 0.303. The number of nitrogens with one attached hydrogen (secondary N) is 4. The van der Waals surface area contributed by atoms with Crippen LogP contribution in [-0.2, 0) is 42.1 Å². The number of carbonyl (C=O) groups is 4. The summed E-state index contributed by atoms with van der Waals surface area (Å²) < 4.78 is 16.4. The Hall–Kier alpha value is -2.43. The first-order chi connectivity index (χ1) is 17.9. The molecule has 0 bridgehead atoms. The Morgan fingerprint density at radius 2 is 0.605 bits per heavy atom. The van der Waals surface area contributed by atoms with Gasteiger partial charge in [0, 0.05) is 0 Å². The molecule has 0 aliphatic carbocycles. The molecule has 0 aliphatic rings. The molecule has 0 spiro atoms. The zero-order chi connectivity index (χ0) is 31.7. The number of carboxylic acid groups (broad SMARTS) is 4. The van der Waals surface area contributed by atoms with Crippen molar-refractivity contribution >= 4 is 23.9 Å². The van der Waals surface area contributed by atoms with Crippen LogP contribution < -0.4 is 0 Å². The average Bonchev–Trinajstić information content (AvgIpc) is 2.94. The van der Waals surface area contributed by atoms with Crippen LogP contribution in [0.2, 0.25) is 0 Å². The molecule has 16 nitrogen and oxygen atoms in total. The van der Waals surface area contributed by atoms with Gasteiger partial charge in [-0.1, -0.05) is 53.4 Å². The van der Waals surface area contributed by atoms with Gasteiger partial charge in [-0.05, 0) is 0 Å². The van der Waals surface area contributed by atoms with Gasteiger partial charge in [-0.15, -0.1) is 0 Å². The predicted octanol–water partition coefficient (Wildman–Crippen LogP) is 4.82. The van der Waals surface area contributed by atoms with Gasteiger partial charge in [-0.25, -0.2) is 29.1 Å². The number of nitrogens with zero attached hydrogens (tertiary/aromatic N) is 2. The van der Waals surface area contributed by atoms with Crippen LogP contribution in [0, 0.1) is 0 Å². The number of aromatic carboxylic acids is 4. The summed E-state index contributed by atoms with van der Waals surface area (Å²) in [7, 11) is 0. The molecule has 0 fully saturated rings. The molecule has 0 aliphatic heterocycles. The van der Waals surface area contributed by atoms with Crippen LogP contribution in [0.4, 0.5) is 0 Å². The fourth-order valence-electron chi connectivity index (χ4n) is 1.03. The van der Waals surface area contributed by atoms with E-state index >= 15 is 0 Å². The molecule has 1 aromatic rings. The third-order valence-electron chi connectivity index (χ3n) is 2.71. The summed E-state index contributed by atoms with van der Waals surface area (Å²) in [6.07, 6.45) is 3.94. The first-order valence-electron chi connectivity index (χ1n) is 10.7. The van der Waals surface area contributed by atoms with E-state index in [1.165, 1.54) is 0 Å². The van der Waals surface area contributed by atoms with Crippen molar-refractivity contribution in [1.82, 2.24) is 9.97 Å². The van der Waals surface area contributed by atoms with Crippen LogP contribution in [0.5, 0.6) is 0 Å². The number of carboxylic acids is 4. The van der Waals surface area contributed by atoms with Crippen molar-refractivity contribution in [3.8, 4) is 0 Å². The van der Waals surface area contributed by atoms with Gasteiger partial charge in [0.15, 0.2) is 22.8 Å². The predicted molar refractivity (Wildman–Crippen MR) is 129 cm³/mol. The molecule has 38 heavy (non-hydrogen) atoms. The van der Waals surface area contributed by atoms with Crippen molar-refractivity contribution in [2.24, 2.45) is 0 Å². The number of rotatable bonds is 8. The van der Waals surface area contributed by atoms with Crippen LogP contribution in [0.15, 0.2) is 0 Å². The van der Waals surface area contributed by atoms with E-state index in [1.807, 2.05) is 27.7 Å². The number of aromatic nitrogens is 2. The van der Waals surface area contributed by atoms with Gasteiger partial charge in [0.05, 0.1) is 0 Å². The minimum atomic E-state index is -1.83. The molecule has 1 aromatic heterocycles. The van der Waals surface area contributed by atoms with E-state index in [0.29, 0.717) is 26.2 Å². The average molecular weight is 622 g/mol. The van der Waals surface area contributed by atoms with Crippen LogP contribution >= 0.6 is 0 Å². The van der Waals surface area contributed by atoms with E-state index in [4.69, 9.17) is 50.7 Å². The normalized spacial score (nSPS) is 8.11. The molecule has 0 amide bonds. The van der Waals surface area contributed by atoms with Crippen molar-refractivity contribution in [1.29, 1.82) is 0 Å². The monoisotopic (exact) mass is 622 g/mol. The Balaban J connectivity index is -0.000000105. The van der Waals surface area contributed by atoms with Gasteiger partial charge in [-0.2, -0.15) is 26.2 Å². The van der Waals surface area contributed by atoms with Crippen LogP contribution in [0.1, 0.15) is 95.3 Å². The summed E-state index contributed by atoms with van der Waals surface area (Å²) in [6.45, 7) is 10.2. The first-order valence-corrected chi connectivity index (χ1v) is 11.9. The summed E-state index contributed by atoms with van der Waals surface area (Å²) in [5, 5.41) is 34.6. The van der Waals surface area contributed by atoms with E-state index < -0.39 is 46.7 Å². The van der Waals surface area contributed by atoms with Crippen molar-refractivity contribution in [2.45, 2.75) is 53.4 Å². The van der Waals surface area contributed by atoms with Gasteiger partial charge in [0.2, 0.25) is 0 Å². The molecule has 18 heteroatoms. The second kappa shape index (κ2) is 39.1. The van der Waals surface area contributed by atoms with E-state index in [9.17, 15) is 19.2 Å². The van der Waals surface area contributed by atoms with Gasteiger partial charge in [0.25, 0.3) is 0 Å². The molecule has 0 saturated heterocycles. The molecule has 0 atom stereocenters. The second-order valence-corrected chi connectivity index (χ2v) is 5.84. The Kier molecular flexibility index (Phi) is 50.0. The molecule has 0 aromatic carbocycles. The zero-order valence-corrected chi connectivity index (χ0v) is 24.5. The summed E-state index contributed by atoms with van der Waals surface area (Å²) in [5.74, 6) is -7.34. The number of hydrogen-bond acceptors (Lipinski definition) is 8. The van der Waals surface area contributed by atoms with Gasteiger partial charge in [0.1, 0.15) is 0 Å². The molecule has 1 heterocycles. The van der Waals surface area contributed by atoms with E-state index in [1.54, 1.807) is 0 Å². The number of hydrogen-bond donors (Lipinski definition) is 4. The van der Waals surface area contributed by atoms with Crippen molar-refractivity contribution in [3.05, 3.63) is 45.7 Å². The van der Waals surface area contributed by atoms with Crippen molar-refractivity contribution < 1.29 is 81.7 Å². The molecular weight excluding hydrogens is 586 g/mol. The molecule has 0 unspecified atom stereocenters. The Labute approximate surface area is 240 Å². The minimum absolute atomic E-state index is 0.569. The van der Waals surface area contributed by atoms with Crippen LogP contribution in [-0.4, -0.2) is 80.5 Å². The van der Waals surface area contributed by atoms with Crippen molar-refractivity contribution in [2.75, 3.05) is 26.2 Å². The van der Waals surface area contributed by atoms with Gasteiger partial charge < -0.3 is 43.4 Å². The summed E-state index contributed by atoms with van der Waals surface area (Å²) in [6, 6.07) is 0. The molecular formula is C20H36N6O10V2. The Bertz CT molecular complexity index is 637. The van der Waals surface area contributed by atoms with Crippen LogP contribution in [0.3, 0.4) is 0 Å². The molecule has 216 valence electrons. The SMILES string of the molecule is CCC[NH-].CCC[NH-].CCC[NH-].CCC[NH-].O=C(O)c1nc(C(=O)O)c(C(=O)O)nc1C(=O)O.[O]=[V+2].[O]=[V+2]. The summed E-state index contributed by atoms with van der Waals surface area (Å²) >= 11 is 2.12. The maximum absolute atomic E-state index is 10.7. The Morgan fingerprint density at radius 1 is 0.500 bits per heavy atom. The summed E-state index contributed by atoms with van der Waals surface area (Å²) in [4.78, 5) is 48.7. The fraction of sp³-hybridized carbons (Fsp3) is 0.600. The van der Waals surface area contributed by atoms with E-state index in [2.05, 4.69) is 9.97 Å². The second-order valence-electron chi connectivity index (χ2n) is 5.84. The van der Waals surface area contributed by atoms with Crippen LogP contribution in [0.25, 0.3) is 22.9 Å². The third-order valence-corrected chi connectivity index (χ3v) is 2.71. The zero-order valence-electron chi connectivity index (χ0n) is 21.7. The molecule has 1 rings (SSSR count). The van der Waals surface area contributed by atoms with E-state index in [0.717, 1.165) is 60.4 Å². The van der Waals surface area contributed by atoms with Gasteiger partial charge in [-0.3, -0.25) is 0 Å². The summed E-state index contributed by atoms with van der Waals surface area (Å²) in [5.41, 5.74) is 21.2. The molecule has 0 radical (unpaired) electrons. The van der Waals surface area contributed by atoms with Gasteiger partial charge >= 0.3 is 66.0 Å². The Morgan fingerprint density at radius 3 is 0.658 bits per heavy atom. The fourth-order valence-corrected chi connectivity index (χ4v) is 1.03. The topological polar surface area (TPSA) is 304 Å².